The first-order valence-corrected chi connectivity index (χ1v) is 5.62. The third kappa shape index (κ3) is 9.31. The van der Waals surface area contributed by atoms with E-state index < -0.39 is 0 Å². The van der Waals surface area contributed by atoms with E-state index in [-0.39, 0.29) is 0 Å². The Bertz CT molecular complexity index is 184. The molecule has 0 amide bonds. The molecular weight excluding hydrogens is 168 g/mol. The van der Waals surface area contributed by atoms with E-state index in [1.54, 1.807) is 6.08 Å². The molecule has 0 aliphatic carbocycles. The molecule has 0 heteroatoms. The second kappa shape index (κ2) is 8.80. The van der Waals surface area contributed by atoms with Crippen LogP contribution in [0.3, 0.4) is 0 Å². The molecule has 0 rings (SSSR count). The highest BCUT2D eigenvalue weighted by Crippen LogP contribution is 2.13. The van der Waals surface area contributed by atoms with Gasteiger partial charge in [-0.2, -0.15) is 0 Å². The van der Waals surface area contributed by atoms with Gasteiger partial charge in [0.25, 0.3) is 0 Å². The molecule has 0 heterocycles. The summed E-state index contributed by atoms with van der Waals surface area (Å²) in [7, 11) is 0. The average molecular weight is 192 g/mol. The predicted octanol–water partition coefficient (Wildman–Crippen LogP) is 4.75. The van der Waals surface area contributed by atoms with E-state index in [1.807, 2.05) is 12.2 Å². The van der Waals surface area contributed by atoms with Crippen LogP contribution in [0, 0.1) is 11.8 Å². The normalized spacial score (nSPS) is 14.3. The first-order chi connectivity index (χ1) is 6.66. The molecule has 0 fully saturated rings. The molecule has 0 saturated heterocycles. The van der Waals surface area contributed by atoms with Crippen molar-refractivity contribution in [3.63, 3.8) is 0 Å². The van der Waals surface area contributed by atoms with Crippen molar-refractivity contribution in [3.05, 3.63) is 37.0 Å². The summed E-state index contributed by atoms with van der Waals surface area (Å²) in [4.78, 5) is 0. The minimum absolute atomic E-state index is 0.697. The number of allylic oxidation sites excluding steroid dienone is 5. The van der Waals surface area contributed by atoms with Crippen LogP contribution < -0.4 is 0 Å². The summed E-state index contributed by atoms with van der Waals surface area (Å²) in [5.41, 5.74) is 0. The van der Waals surface area contributed by atoms with E-state index in [0.29, 0.717) is 5.92 Å². The quantitative estimate of drug-likeness (QED) is 0.511. The Kier molecular flexibility index (Phi) is 8.31. The van der Waals surface area contributed by atoms with E-state index in [0.717, 1.165) is 5.92 Å². The zero-order chi connectivity index (χ0) is 10.8. The number of hydrogen-bond acceptors (Lipinski definition) is 0. The monoisotopic (exact) mass is 192 g/mol. The van der Waals surface area contributed by atoms with Crippen molar-refractivity contribution < 1.29 is 0 Å². The molecule has 80 valence electrons. The number of hydrogen-bond donors (Lipinski definition) is 0. The van der Waals surface area contributed by atoms with Crippen molar-refractivity contribution in [2.45, 2.75) is 40.0 Å². The van der Waals surface area contributed by atoms with E-state index in [2.05, 4.69) is 39.5 Å². The van der Waals surface area contributed by atoms with Crippen LogP contribution in [-0.2, 0) is 0 Å². The van der Waals surface area contributed by atoms with E-state index in [4.69, 9.17) is 0 Å². The van der Waals surface area contributed by atoms with Gasteiger partial charge < -0.3 is 0 Å². The summed E-state index contributed by atoms with van der Waals surface area (Å²) < 4.78 is 0. The highest BCUT2D eigenvalue weighted by atomic mass is 14.0. The molecule has 0 bridgehead atoms. The Labute approximate surface area is 89.4 Å². The molecule has 0 N–H and O–H groups in total. The third-order valence-electron chi connectivity index (χ3n) is 2.24. The summed E-state index contributed by atoms with van der Waals surface area (Å²) >= 11 is 0. The SMILES string of the molecule is C=CC=CC=CC(C)CCCC(C)C. The van der Waals surface area contributed by atoms with Gasteiger partial charge in [-0.25, -0.2) is 0 Å². The van der Waals surface area contributed by atoms with Gasteiger partial charge in [0.2, 0.25) is 0 Å². The third-order valence-corrected chi connectivity index (χ3v) is 2.24. The molecule has 0 radical (unpaired) electrons. The van der Waals surface area contributed by atoms with Crippen LogP contribution in [0.4, 0.5) is 0 Å². The molecule has 0 spiro atoms. The van der Waals surface area contributed by atoms with Crippen molar-refractivity contribution in [2.75, 3.05) is 0 Å². The van der Waals surface area contributed by atoms with Crippen LogP contribution in [-0.4, -0.2) is 0 Å². The average Bonchev–Trinajstić information content (AvgIpc) is 2.12. The molecular formula is C14H24. The fraction of sp³-hybridized carbons (Fsp3) is 0.571. The van der Waals surface area contributed by atoms with Crippen LogP contribution in [0.2, 0.25) is 0 Å². The van der Waals surface area contributed by atoms with Crippen molar-refractivity contribution >= 4 is 0 Å². The van der Waals surface area contributed by atoms with Crippen LogP contribution in [0.1, 0.15) is 40.0 Å². The molecule has 1 atom stereocenters. The molecule has 0 saturated carbocycles. The number of rotatable bonds is 7. The molecule has 0 aliphatic rings. The largest absolute Gasteiger partial charge is 0.0991 e. The summed E-state index contributed by atoms with van der Waals surface area (Å²) in [6, 6.07) is 0. The molecule has 0 aromatic rings. The maximum absolute atomic E-state index is 3.63. The zero-order valence-corrected chi connectivity index (χ0v) is 9.87. The molecule has 0 nitrogen and oxygen atoms in total. The standard InChI is InChI=1S/C14H24/c1-5-6-7-8-11-14(4)12-9-10-13(2)3/h5-8,11,13-14H,1,9-10,12H2,2-4H3. The maximum Gasteiger partial charge on any atom is -0.0259 e. The minimum atomic E-state index is 0.697. The Morgan fingerprint density at radius 2 is 1.71 bits per heavy atom. The van der Waals surface area contributed by atoms with Gasteiger partial charge in [-0.15, -0.1) is 0 Å². The fourth-order valence-electron chi connectivity index (χ4n) is 1.34. The van der Waals surface area contributed by atoms with Crippen LogP contribution in [0.15, 0.2) is 37.0 Å². The lowest BCUT2D eigenvalue weighted by molar-refractivity contribution is 0.502. The molecule has 1 unspecified atom stereocenters. The predicted molar refractivity (Wildman–Crippen MR) is 66.3 cm³/mol. The zero-order valence-electron chi connectivity index (χ0n) is 9.87. The Hall–Kier alpha value is -0.780. The Morgan fingerprint density at radius 3 is 2.29 bits per heavy atom. The van der Waals surface area contributed by atoms with Crippen molar-refractivity contribution in [1.82, 2.24) is 0 Å². The van der Waals surface area contributed by atoms with Crippen LogP contribution in [0.5, 0.6) is 0 Å². The van der Waals surface area contributed by atoms with E-state index >= 15 is 0 Å². The molecule has 0 aliphatic heterocycles. The van der Waals surface area contributed by atoms with Gasteiger partial charge in [0.15, 0.2) is 0 Å². The fourth-order valence-corrected chi connectivity index (χ4v) is 1.34. The second-order valence-electron chi connectivity index (χ2n) is 4.31. The van der Waals surface area contributed by atoms with Crippen molar-refractivity contribution in [1.29, 1.82) is 0 Å². The molecule has 0 aromatic heterocycles. The Balaban J connectivity index is 3.54. The van der Waals surface area contributed by atoms with Crippen molar-refractivity contribution in [2.24, 2.45) is 11.8 Å². The van der Waals surface area contributed by atoms with Gasteiger partial charge in [-0.05, 0) is 18.3 Å². The van der Waals surface area contributed by atoms with Crippen LogP contribution >= 0.6 is 0 Å². The van der Waals surface area contributed by atoms with Crippen LogP contribution in [0.25, 0.3) is 0 Å². The summed E-state index contributed by atoms with van der Waals surface area (Å²) in [6.07, 6.45) is 14.2. The lowest BCUT2D eigenvalue weighted by Gasteiger charge is -2.07. The lowest BCUT2D eigenvalue weighted by atomic mass is 9.99. The van der Waals surface area contributed by atoms with Gasteiger partial charge >= 0.3 is 0 Å². The maximum atomic E-state index is 3.63. The molecule has 14 heavy (non-hydrogen) atoms. The molecule has 0 aromatic carbocycles. The highest BCUT2D eigenvalue weighted by Gasteiger charge is 1.98. The van der Waals surface area contributed by atoms with E-state index in [9.17, 15) is 0 Å². The first kappa shape index (κ1) is 13.2. The van der Waals surface area contributed by atoms with Gasteiger partial charge in [0.1, 0.15) is 0 Å². The smallest absolute Gasteiger partial charge is 0.0259 e. The summed E-state index contributed by atoms with van der Waals surface area (Å²) in [5, 5.41) is 0. The second-order valence-corrected chi connectivity index (χ2v) is 4.31. The summed E-state index contributed by atoms with van der Waals surface area (Å²) in [5.74, 6) is 1.54. The summed E-state index contributed by atoms with van der Waals surface area (Å²) in [6.45, 7) is 10.5. The Morgan fingerprint density at radius 1 is 1.00 bits per heavy atom. The van der Waals surface area contributed by atoms with Gasteiger partial charge in [0, 0.05) is 0 Å². The van der Waals surface area contributed by atoms with Crippen molar-refractivity contribution in [3.8, 4) is 0 Å². The topological polar surface area (TPSA) is 0 Å². The minimum Gasteiger partial charge on any atom is -0.0991 e. The van der Waals surface area contributed by atoms with E-state index in [1.165, 1.54) is 19.3 Å². The van der Waals surface area contributed by atoms with Gasteiger partial charge in [0.05, 0.1) is 0 Å². The highest BCUT2D eigenvalue weighted by molar-refractivity contribution is 5.09. The lowest BCUT2D eigenvalue weighted by Crippen LogP contribution is -1.92. The van der Waals surface area contributed by atoms with Gasteiger partial charge in [-0.3, -0.25) is 0 Å². The van der Waals surface area contributed by atoms with Gasteiger partial charge in [-0.1, -0.05) is 70.6 Å². The first-order valence-electron chi connectivity index (χ1n) is 5.62.